The fourth-order valence-corrected chi connectivity index (χ4v) is 3.75. The topological polar surface area (TPSA) is 87.7 Å². The number of pyridine rings is 1. The molecule has 1 N–H and O–H groups in total. The largest absolute Gasteiger partial charge is 0.502 e. The second-order valence-electron chi connectivity index (χ2n) is 6.29. The number of carbonyl (C=O) groups excluding carboxylic acids is 1. The highest BCUT2D eigenvalue weighted by Crippen LogP contribution is 2.26. The summed E-state index contributed by atoms with van der Waals surface area (Å²) in [5.74, 6) is -0.845. The standard InChI is InChI=1S/C20H18N2O4S/c1-13-7-9-16(10-8-13)27(25,26)21-17-14(2)15(3)19(23)18(20(17)24)22-11-5-4-6-12-22/h4-12H,1-3H3/p+1/b21-17-. The molecule has 1 aliphatic rings. The summed E-state index contributed by atoms with van der Waals surface area (Å²) in [6.45, 7) is 5.04. The fourth-order valence-electron chi connectivity index (χ4n) is 2.70. The molecule has 1 aromatic heterocycles. The molecule has 1 aromatic carbocycles. The monoisotopic (exact) mass is 383 g/mol. The lowest BCUT2D eigenvalue weighted by Crippen LogP contribution is -2.42. The number of ketones is 1. The van der Waals surface area contributed by atoms with Gasteiger partial charge in [-0.3, -0.25) is 4.79 Å². The number of hydrogen-bond donors (Lipinski definition) is 1. The van der Waals surface area contributed by atoms with E-state index in [0.29, 0.717) is 11.1 Å². The number of sulfonamides is 1. The van der Waals surface area contributed by atoms with Gasteiger partial charge in [0, 0.05) is 17.7 Å². The van der Waals surface area contributed by atoms with Crippen molar-refractivity contribution in [2.24, 2.45) is 4.40 Å². The summed E-state index contributed by atoms with van der Waals surface area (Å²) in [6, 6.07) is 11.4. The van der Waals surface area contributed by atoms with Gasteiger partial charge in [0.25, 0.3) is 15.8 Å². The Balaban J connectivity index is 2.16. The van der Waals surface area contributed by atoms with Crippen LogP contribution in [-0.2, 0) is 14.8 Å². The molecule has 0 unspecified atom stereocenters. The van der Waals surface area contributed by atoms with E-state index in [1.54, 1.807) is 56.6 Å². The van der Waals surface area contributed by atoms with Gasteiger partial charge >= 0.3 is 5.70 Å². The van der Waals surface area contributed by atoms with E-state index in [4.69, 9.17) is 0 Å². The van der Waals surface area contributed by atoms with Crippen LogP contribution in [0.2, 0.25) is 0 Å². The van der Waals surface area contributed by atoms with E-state index in [9.17, 15) is 18.3 Å². The molecule has 0 spiro atoms. The van der Waals surface area contributed by atoms with Crippen molar-refractivity contribution in [1.82, 2.24) is 0 Å². The molecule has 1 aliphatic carbocycles. The first kappa shape index (κ1) is 18.7. The Kier molecular flexibility index (Phi) is 4.80. The molecule has 0 atom stereocenters. The zero-order valence-electron chi connectivity index (χ0n) is 15.2. The number of carbonyl (C=O) groups is 1. The van der Waals surface area contributed by atoms with E-state index in [1.807, 2.05) is 6.92 Å². The van der Waals surface area contributed by atoms with Gasteiger partial charge in [0.2, 0.25) is 0 Å². The summed E-state index contributed by atoms with van der Waals surface area (Å²) in [7, 11) is -4.07. The van der Waals surface area contributed by atoms with Crippen LogP contribution in [0.25, 0.3) is 5.70 Å². The van der Waals surface area contributed by atoms with Crippen LogP contribution in [0.3, 0.4) is 0 Å². The molecule has 0 fully saturated rings. The van der Waals surface area contributed by atoms with Crippen molar-refractivity contribution in [2.75, 3.05) is 0 Å². The molecule has 2 aromatic rings. The molecule has 0 bridgehead atoms. The van der Waals surface area contributed by atoms with E-state index in [-0.39, 0.29) is 22.1 Å². The van der Waals surface area contributed by atoms with Gasteiger partial charge in [-0.2, -0.15) is 17.4 Å². The van der Waals surface area contributed by atoms with Crippen LogP contribution in [0.5, 0.6) is 0 Å². The number of rotatable bonds is 3. The molecule has 6 nitrogen and oxygen atoms in total. The lowest BCUT2D eigenvalue weighted by Gasteiger charge is -2.16. The van der Waals surface area contributed by atoms with Crippen molar-refractivity contribution in [3.05, 3.63) is 77.3 Å². The second-order valence-corrected chi connectivity index (χ2v) is 7.89. The molecule has 1 heterocycles. The van der Waals surface area contributed by atoms with Gasteiger partial charge in [0.1, 0.15) is 5.71 Å². The molecule has 7 heteroatoms. The van der Waals surface area contributed by atoms with Crippen molar-refractivity contribution < 1.29 is 22.9 Å². The fraction of sp³-hybridized carbons (Fsp3) is 0.150. The summed E-state index contributed by atoms with van der Waals surface area (Å²) in [5, 5.41) is 10.5. The highest BCUT2D eigenvalue weighted by molar-refractivity contribution is 7.90. The van der Waals surface area contributed by atoms with Crippen molar-refractivity contribution in [2.45, 2.75) is 25.7 Å². The summed E-state index contributed by atoms with van der Waals surface area (Å²) in [6.07, 6.45) is 3.20. The van der Waals surface area contributed by atoms with Crippen LogP contribution in [0.1, 0.15) is 19.4 Å². The molecule has 138 valence electrons. The molecule has 0 saturated heterocycles. The van der Waals surface area contributed by atoms with Gasteiger partial charge in [-0.1, -0.05) is 23.8 Å². The third-order valence-electron chi connectivity index (χ3n) is 4.43. The van der Waals surface area contributed by atoms with Gasteiger partial charge in [-0.05, 0) is 38.5 Å². The third-order valence-corrected chi connectivity index (χ3v) is 5.72. The van der Waals surface area contributed by atoms with Crippen LogP contribution < -0.4 is 4.57 Å². The lowest BCUT2D eigenvalue weighted by molar-refractivity contribution is -0.578. The van der Waals surface area contributed by atoms with E-state index in [1.165, 1.54) is 16.7 Å². The Morgan fingerprint density at radius 2 is 1.52 bits per heavy atom. The van der Waals surface area contributed by atoms with Gasteiger partial charge in [0.15, 0.2) is 18.2 Å². The number of aliphatic hydroxyl groups excluding tert-OH is 1. The van der Waals surface area contributed by atoms with Gasteiger partial charge in [0.05, 0.1) is 4.90 Å². The van der Waals surface area contributed by atoms with Crippen LogP contribution in [0.15, 0.2) is 81.1 Å². The average molecular weight is 383 g/mol. The molecule has 0 amide bonds. The Labute approximate surface area is 157 Å². The van der Waals surface area contributed by atoms with Crippen LogP contribution >= 0.6 is 0 Å². The predicted octanol–water partition coefficient (Wildman–Crippen LogP) is 2.76. The number of aromatic nitrogens is 1. The third kappa shape index (κ3) is 3.46. The van der Waals surface area contributed by atoms with E-state index in [0.717, 1.165) is 5.56 Å². The SMILES string of the molecule is CC1=C(C)/C(=N/S(=O)(=O)c2ccc(C)cc2)C(=O)C([n+]2ccccc2)=C1O. The van der Waals surface area contributed by atoms with Crippen LogP contribution in [-0.4, -0.2) is 25.0 Å². The van der Waals surface area contributed by atoms with Gasteiger partial charge in [-0.25, -0.2) is 0 Å². The molecule has 3 rings (SSSR count). The summed E-state index contributed by atoms with van der Waals surface area (Å²) >= 11 is 0. The van der Waals surface area contributed by atoms with Crippen LogP contribution in [0, 0.1) is 6.92 Å². The van der Waals surface area contributed by atoms with Crippen molar-refractivity contribution >= 4 is 27.2 Å². The predicted molar refractivity (Wildman–Crippen MR) is 102 cm³/mol. The van der Waals surface area contributed by atoms with Gasteiger partial charge in [-0.15, -0.1) is 0 Å². The summed E-state index contributed by atoms with van der Waals surface area (Å²) < 4.78 is 30.6. The minimum atomic E-state index is -4.07. The molecule has 27 heavy (non-hydrogen) atoms. The maximum Gasteiger partial charge on any atom is 0.303 e. The summed E-state index contributed by atoms with van der Waals surface area (Å²) in [5.41, 5.74) is 1.42. The Hall–Kier alpha value is -3.06. The number of aliphatic hydroxyl groups is 1. The average Bonchev–Trinajstić information content (AvgIpc) is 2.65. The van der Waals surface area contributed by atoms with Gasteiger partial charge < -0.3 is 5.11 Å². The molecular weight excluding hydrogens is 364 g/mol. The first-order valence-electron chi connectivity index (χ1n) is 8.27. The van der Waals surface area contributed by atoms with E-state index in [2.05, 4.69) is 4.40 Å². The molecule has 0 aliphatic heterocycles. The highest BCUT2D eigenvalue weighted by Gasteiger charge is 2.37. The Morgan fingerprint density at radius 1 is 0.926 bits per heavy atom. The minimum Gasteiger partial charge on any atom is -0.502 e. The minimum absolute atomic E-state index is 0.00606. The maximum absolute atomic E-state index is 13.0. The van der Waals surface area contributed by atoms with Crippen molar-refractivity contribution in [1.29, 1.82) is 0 Å². The Morgan fingerprint density at radius 3 is 2.11 bits per heavy atom. The van der Waals surface area contributed by atoms with E-state index >= 15 is 0 Å². The zero-order chi connectivity index (χ0) is 19.8. The van der Waals surface area contributed by atoms with Crippen LogP contribution in [0.4, 0.5) is 0 Å². The number of Topliss-reactive ketones (excluding diaryl/α,β-unsaturated/α-hetero) is 1. The Bertz CT molecular complexity index is 1110. The van der Waals surface area contributed by atoms with Crippen molar-refractivity contribution in [3.8, 4) is 0 Å². The number of nitrogens with zero attached hydrogens (tertiary/aromatic N) is 2. The quantitative estimate of drug-likeness (QED) is 0.652. The number of benzene rings is 1. The molecular formula is C20H19N2O4S+. The normalized spacial score (nSPS) is 17.0. The number of allylic oxidation sites excluding steroid dienone is 3. The number of aryl methyl sites for hydroxylation is 1. The van der Waals surface area contributed by atoms with E-state index < -0.39 is 15.8 Å². The summed E-state index contributed by atoms with van der Waals surface area (Å²) in [4.78, 5) is 13.0. The first-order valence-corrected chi connectivity index (χ1v) is 9.71. The zero-order valence-corrected chi connectivity index (χ0v) is 16.0. The molecule has 0 saturated carbocycles. The molecule has 0 radical (unpaired) electrons. The smallest absolute Gasteiger partial charge is 0.303 e. The first-order chi connectivity index (χ1) is 12.7. The highest BCUT2D eigenvalue weighted by atomic mass is 32.2. The van der Waals surface area contributed by atoms with Crippen molar-refractivity contribution in [3.63, 3.8) is 0 Å². The number of hydrogen-bond acceptors (Lipinski definition) is 4. The lowest BCUT2D eigenvalue weighted by atomic mass is 9.93. The maximum atomic E-state index is 13.0. The second kappa shape index (κ2) is 6.92.